The fourth-order valence-corrected chi connectivity index (χ4v) is 3.00. The van der Waals surface area contributed by atoms with Crippen LogP contribution in [-0.2, 0) is 10.0 Å². The monoisotopic (exact) mass is 321 g/mol. The lowest BCUT2D eigenvalue weighted by Gasteiger charge is -2.17. The van der Waals surface area contributed by atoms with Crippen LogP contribution in [0, 0.1) is 12.8 Å². The van der Waals surface area contributed by atoms with Gasteiger partial charge in [0.2, 0.25) is 15.9 Å². The van der Waals surface area contributed by atoms with Crippen molar-refractivity contribution in [2.75, 3.05) is 0 Å². The Morgan fingerprint density at radius 1 is 1.23 bits per heavy atom. The van der Waals surface area contributed by atoms with E-state index >= 15 is 0 Å². The van der Waals surface area contributed by atoms with E-state index in [2.05, 4.69) is 14.9 Å². The number of aryl methyl sites for hydroxylation is 1. The molecule has 0 amide bonds. The molecule has 7 heteroatoms. The summed E-state index contributed by atoms with van der Waals surface area (Å²) >= 11 is 0. The summed E-state index contributed by atoms with van der Waals surface area (Å²) in [5.41, 5.74) is 0.808. The smallest absolute Gasteiger partial charge is 0.245 e. The summed E-state index contributed by atoms with van der Waals surface area (Å²) in [6, 6.07) is 8.65. The Morgan fingerprint density at radius 2 is 1.91 bits per heavy atom. The minimum Gasteiger partial charge on any atom is -0.338 e. The van der Waals surface area contributed by atoms with Crippen LogP contribution < -0.4 is 4.72 Å². The Balaban J connectivity index is 2.16. The van der Waals surface area contributed by atoms with Crippen molar-refractivity contribution < 1.29 is 12.9 Å². The maximum absolute atomic E-state index is 12.2. The highest BCUT2D eigenvalue weighted by Crippen LogP contribution is 2.21. The Hall–Kier alpha value is -1.99. The molecule has 2 rings (SSSR count). The maximum atomic E-state index is 12.2. The lowest BCUT2D eigenvalue weighted by molar-refractivity contribution is 0.310. The van der Waals surface area contributed by atoms with Crippen LogP contribution in [0.25, 0.3) is 6.08 Å². The standard InChI is InChI=1S/C15H19N3O3S/c1-11(2)14(15-16-12(3)17-21-15)18-22(19,20)10-9-13-7-5-4-6-8-13/h4-11,14,18H,1-3H3/b10-9+/t14-/m0/s1. The van der Waals surface area contributed by atoms with Crippen LogP contribution in [0.3, 0.4) is 0 Å². The number of nitrogens with zero attached hydrogens (tertiary/aromatic N) is 2. The molecule has 0 saturated heterocycles. The molecule has 0 radical (unpaired) electrons. The number of hydrogen-bond donors (Lipinski definition) is 1. The van der Waals surface area contributed by atoms with Gasteiger partial charge >= 0.3 is 0 Å². The number of nitrogens with one attached hydrogen (secondary N) is 1. The van der Waals surface area contributed by atoms with Crippen LogP contribution in [0.5, 0.6) is 0 Å². The first-order chi connectivity index (χ1) is 10.4. The Bertz CT molecular complexity index is 736. The van der Waals surface area contributed by atoms with E-state index in [9.17, 15) is 8.42 Å². The zero-order valence-electron chi connectivity index (χ0n) is 12.7. The topological polar surface area (TPSA) is 85.1 Å². The van der Waals surface area contributed by atoms with Crippen LogP contribution in [-0.4, -0.2) is 18.6 Å². The fraction of sp³-hybridized carbons (Fsp3) is 0.333. The van der Waals surface area contributed by atoms with E-state index in [1.807, 2.05) is 44.2 Å². The molecule has 1 aromatic carbocycles. The molecular formula is C15H19N3O3S. The van der Waals surface area contributed by atoms with Crippen molar-refractivity contribution in [3.63, 3.8) is 0 Å². The van der Waals surface area contributed by atoms with Gasteiger partial charge < -0.3 is 4.52 Å². The van der Waals surface area contributed by atoms with Gasteiger partial charge in [-0.2, -0.15) is 9.71 Å². The first-order valence-electron chi connectivity index (χ1n) is 6.93. The van der Waals surface area contributed by atoms with Gasteiger partial charge in [0, 0.05) is 5.41 Å². The van der Waals surface area contributed by atoms with Crippen LogP contribution in [0.4, 0.5) is 0 Å². The number of rotatable bonds is 6. The zero-order chi connectivity index (χ0) is 16.2. The molecule has 0 saturated carbocycles. The van der Waals surface area contributed by atoms with E-state index < -0.39 is 16.1 Å². The summed E-state index contributed by atoms with van der Waals surface area (Å²) in [5, 5.41) is 4.84. The van der Waals surface area contributed by atoms with Gasteiger partial charge in [-0.25, -0.2) is 8.42 Å². The molecule has 0 bridgehead atoms. The normalized spacial score (nSPS) is 13.8. The van der Waals surface area contributed by atoms with E-state index in [-0.39, 0.29) is 11.8 Å². The van der Waals surface area contributed by atoms with Crippen LogP contribution in [0.1, 0.15) is 37.2 Å². The summed E-state index contributed by atoms with van der Waals surface area (Å²) in [6.45, 7) is 5.45. The van der Waals surface area contributed by atoms with Gasteiger partial charge in [0.25, 0.3) is 0 Å². The third-order valence-corrected chi connectivity index (χ3v) is 4.08. The maximum Gasteiger partial charge on any atom is 0.245 e. The lowest BCUT2D eigenvalue weighted by atomic mass is 10.1. The average Bonchev–Trinajstić information content (AvgIpc) is 2.90. The summed E-state index contributed by atoms with van der Waals surface area (Å²) in [5.74, 6) is 0.712. The molecule has 0 spiro atoms. The van der Waals surface area contributed by atoms with Crippen molar-refractivity contribution >= 4 is 16.1 Å². The molecule has 22 heavy (non-hydrogen) atoms. The Kier molecular flexibility index (Phi) is 5.10. The molecule has 1 atom stereocenters. The van der Waals surface area contributed by atoms with Crippen molar-refractivity contribution in [1.29, 1.82) is 0 Å². The second kappa shape index (κ2) is 6.85. The van der Waals surface area contributed by atoms with E-state index in [1.165, 1.54) is 0 Å². The summed E-state index contributed by atoms with van der Waals surface area (Å²) in [4.78, 5) is 4.11. The largest absolute Gasteiger partial charge is 0.338 e. The molecule has 0 unspecified atom stereocenters. The molecule has 0 aliphatic carbocycles. The minimum atomic E-state index is -3.62. The Morgan fingerprint density at radius 3 is 2.45 bits per heavy atom. The van der Waals surface area contributed by atoms with Crippen LogP contribution >= 0.6 is 0 Å². The quantitative estimate of drug-likeness (QED) is 0.884. The molecule has 2 aromatic rings. The fourth-order valence-electron chi connectivity index (χ4n) is 1.86. The molecule has 1 aromatic heterocycles. The molecule has 118 valence electrons. The third-order valence-electron chi connectivity index (χ3n) is 3.01. The molecule has 1 heterocycles. The highest BCUT2D eigenvalue weighted by Gasteiger charge is 2.25. The van der Waals surface area contributed by atoms with Crippen molar-refractivity contribution in [2.45, 2.75) is 26.8 Å². The van der Waals surface area contributed by atoms with Crippen molar-refractivity contribution in [2.24, 2.45) is 5.92 Å². The molecule has 1 N–H and O–H groups in total. The second-order valence-corrected chi connectivity index (χ2v) is 6.88. The summed E-state index contributed by atoms with van der Waals surface area (Å²) in [7, 11) is -3.62. The molecule has 6 nitrogen and oxygen atoms in total. The molecule has 0 aliphatic rings. The van der Waals surface area contributed by atoms with Gasteiger partial charge in [-0.3, -0.25) is 0 Å². The predicted octanol–water partition coefficient (Wildman–Crippen LogP) is 2.67. The van der Waals surface area contributed by atoms with Crippen molar-refractivity contribution in [3.8, 4) is 0 Å². The highest BCUT2D eigenvalue weighted by molar-refractivity contribution is 7.92. The van der Waals surface area contributed by atoms with E-state index in [0.29, 0.717) is 5.82 Å². The van der Waals surface area contributed by atoms with E-state index in [1.54, 1.807) is 13.0 Å². The van der Waals surface area contributed by atoms with Crippen LogP contribution in [0.15, 0.2) is 40.3 Å². The summed E-state index contributed by atoms with van der Waals surface area (Å²) in [6.07, 6.45) is 1.54. The van der Waals surface area contributed by atoms with Gasteiger partial charge in [0.15, 0.2) is 5.82 Å². The van der Waals surface area contributed by atoms with Gasteiger partial charge in [0.05, 0.1) is 0 Å². The molecular weight excluding hydrogens is 302 g/mol. The molecule has 0 fully saturated rings. The van der Waals surface area contributed by atoms with Gasteiger partial charge in [-0.15, -0.1) is 0 Å². The number of hydrogen-bond acceptors (Lipinski definition) is 5. The zero-order valence-corrected chi connectivity index (χ0v) is 13.5. The van der Waals surface area contributed by atoms with Gasteiger partial charge in [-0.1, -0.05) is 49.3 Å². The second-order valence-electron chi connectivity index (χ2n) is 5.28. The van der Waals surface area contributed by atoms with Gasteiger partial charge in [-0.05, 0) is 24.5 Å². The highest BCUT2D eigenvalue weighted by atomic mass is 32.2. The number of aromatic nitrogens is 2. The van der Waals surface area contributed by atoms with Gasteiger partial charge in [0.1, 0.15) is 6.04 Å². The van der Waals surface area contributed by atoms with Crippen molar-refractivity contribution in [1.82, 2.24) is 14.9 Å². The molecule has 0 aliphatic heterocycles. The lowest BCUT2D eigenvalue weighted by Crippen LogP contribution is -2.30. The minimum absolute atomic E-state index is 0.0280. The first kappa shape index (κ1) is 16.4. The SMILES string of the molecule is Cc1noc([C@@H](NS(=O)(=O)/C=C/c2ccccc2)C(C)C)n1. The number of sulfonamides is 1. The Labute approximate surface area is 130 Å². The predicted molar refractivity (Wildman–Crippen MR) is 84.1 cm³/mol. The van der Waals surface area contributed by atoms with Crippen LogP contribution in [0.2, 0.25) is 0 Å². The van der Waals surface area contributed by atoms with E-state index in [0.717, 1.165) is 11.0 Å². The third kappa shape index (κ3) is 4.51. The summed E-state index contributed by atoms with van der Waals surface area (Å²) < 4.78 is 32.1. The average molecular weight is 321 g/mol. The van der Waals surface area contributed by atoms with Crippen molar-refractivity contribution in [3.05, 3.63) is 53.0 Å². The van der Waals surface area contributed by atoms with E-state index in [4.69, 9.17) is 4.52 Å². The first-order valence-corrected chi connectivity index (χ1v) is 8.48. The number of benzene rings is 1.